The zero-order chi connectivity index (χ0) is 41.4. The number of nitrogens with one attached hydrogen (secondary N) is 3. The maximum atomic E-state index is 12.6. The van der Waals surface area contributed by atoms with E-state index in [0.29, 0.717) is 27.9 Å². The Labute approximate surface area is 331 Å². The SMILES string of the molecule is NNC(=O)c1ccncc1.O=C(CNC(=O)c1ccccc1)C(=O)c1ccccc1NC(=O)c1ccccc1.O=C1C(=O)N(C(=O)c2ccccc2)c2ccccc21. The fourth-order valence-corrected chi connectivity index (χ4v) is 5.34. The third-order valence-corrected chi connectivity index (χ3v) is 8.24. The molecule has 0 saturated carbocycles. The number of carbonyl (C=O) groups is 8. The molecule has 1 aliphatic rings. The Hall–Kier alpha value is -8.23. The summed E-state index contributed by atoms with van der Waals surface area (Å²) >= 11 is 0. The second-order valence-corrected chi connectivity index (χ2v) is 12.0. The van der Waals surface area contributed by atoms with Crippen molar-refractivity contribution < 1.29 is 38.4 Å². The first kappa shape index (κ1) is 40.9. The van der Waals surface area contributed by atoms with Crippen LogP contribution in [0.4, 0.5) is 11.4 Å². The van der Waals surface area contributed by atoms with Gasteiger partial charge >= 0.3 is 5.91 Å². The van der Waals surface area contributed by atoms with Gasteiger partial charge in [-0.2, -0.15) is 0 Å². The molecule has 0 saturated heterocycles. The molecule has 5 amide bonds. The number of nitrogens with two attached hydrogens (primary N) is 1. The minimum atomic E-state index is -0.796. The molecule has 0 fully saturated rings. The average molecular weight is 775 g/mol. The van der Waals surface area contributed by atoms with Crippen molar-refractivity contribution in [1.29, 1.82) is 0 Å². The van der Waals surface area contributed by atoms with Crippen LogP contribution >= 0.6 is 0 Å². The van der Waals surface area contributed by atoms with Crippen molar-refractivity contribution >= 4 is 58.3 Å². The summed E-state index contributed by atoms with van der Waals surface area (Å²) in [6.45, 7) is -0.437. The first-order valence-electron chi connectivity index (χ1n) is 17.4. The number of amides is 5. The summed E-state index contributed by atoms with van der Waals surface area (Å²) in [5.74, 6) is 0.252. The number of benzene rings is 5. The summed E-state index contributed by atoms with van der Waals surface area (Å²) in [6, 6.07) is 41.3. The number of nitrogen functional groups attached to an aromatic ring is 1. The Bertz CT molecular complexity index is 2460. The molecule has 0 bridgehead atoms. The smallest absolute Gasteiger partial charge is 0.306 e. The van der Waals surface area contributed by atoms with Crippen LogP contribution in [0.15, 0.2) is 164 Å². The number of carbonyl (C=O) groups excluding carboxylic acids is 8. The van der Waals surface area contributed by atoms with Gasteiger partial charge in [-0.05, 0) is 72.8 Å². The topological polar surface area (TPSA) is 215 Å². The quantitative estimate of drug-likeness (QED) is 0.0391. The van der Waals surface area contributed by atoms with E-state index in [1.807, 2.05) is 5.43 Å². The van der Waals surface area contributed by atoms with Crippen LogP contribution in [0.5, 0.6) is 0 Å². The van der Waals surface area contributed by atoms with Gasteiger partial charge in [-0.25, -0.2) is 10.7 Å². The number of aromatic nitrogens is 1. The Morgan fingerprint density at radius 1 is 0.552 bits per heavy atom. The highest BCUT2D eigenvalue weighted by molar-refractivity contribution is 6.57. The first-order valence-corrected chi connectivity index (χ1v) is 17.4. The van der Waals surface area contributed by atoms with Crippen LogP contribution in [-0.4, -0.2) is 58.4 Å². The minimum Gasteiger partial charge on any atom is -0.344 e. The van der Waals surface area contributed by atoms with Gasteiger partial charge in [0.2, 0.25) is 11.6 Å². The molecule has 0 atom stereocenters. The highest BCUT2D eigenvalue weighted by Crippen LogP contribution is 2.29. The molecule has 58 heavy (non-hydrogen) atoms. The van der Waals surface area contributed by atoms with Gasteiger partial charge in [-0.15, -0.1) is 0 Å². The predicted molar refractivity (Wildman–Crippen MR) is 214 cm³/mol. The van der Waals surface area contributed by atoms with Crippen molar-refractivity contribution in [2.75, 3.05) is 16.8 Å². The van der Waals surface area contributed by atoms with E-state index in [1.165, 1.54) is 18.5 Å². The first-order chi connectivity index (χ1) is 28.1. The molecule has 288 valence electrons. The fourth-order valence-electron chi connectivity index (χ4n) is 5.34. The zero-order valence-corrected chi connectivity index (χ0v) is 30.5. The van der Waals surface area contributed by atoms with Gasteiger partial charge in [0.25, 0.3) is 29.4 Å². The lowest BCUT2D eigenvalue weighted by atomic mass is 10.0. The molecule has 0 spiro atoms. The molecule has 5 aromatic carbocycles. The minimum absolute atomic E-state index is 0.0655. The molecule has 1 aliphatic heterocycles. The fraction of sp³-hybridized carbons (Fsp3) is 0.0227. The summed E-state index contributed by atoms with van der Waals surface area (Å²) < 4.78 is 0. The molecule has 14 heteroatoms. The van der Waals surface area contributed by atoms with Gasteiger partial charge in [-0.1, -0.05) is 78.9 Å². The van der Waals surface area contributed by atoms with Gasteiger partial charge in [0.05, 0.1) is 23.5 Å². The van der Waals surface area contributed by atoms with E-state index < -0.39 is 47.5 Å². The number of hydrazine groups is 1. The van der Waals surface area contributed by atoms with Crippen LogP contribution < -0.4 is 26.8 Å². The van der Waals surface area contributed by atoms with Gasteiger partial charge < -0.3 is 10.6 Å². The number of hydrogen-bond acceptors (Lipinski definition) is 10. The van der Waals surface area contributed by atoms with Gasteiger partial charge in [0.15, 0.2) is 0 Å². The number of nitrogens with zero attached hydrogens (tertiary/aromatic N) is 2. The third-order valence-electron chi connectivity index (χ3n) is 8.24. The lowest BCUT2D eigenvalue weighted by Gasteiger charge is -2.14. The Kier molecular flexibility index (Phi) is 14.1. The average Bonchev–Trinajstić information content (AvgIpc) is 3.54. The highest BCUT2D eigenvalue weighted by atomic mass is 16.2. The maximum absolute atomic E-state index is 12.6. The largest absolute Gasteiger partial charge is 0.344 e. The van der Waals surface area contributed by atoms with Crippen LogP contribution in [0, 0.1) is 0 Å². The van der Waals surface area contributed by atoms with Crippen molar-refractivity contribution in [3.05, 3.63) is 197 Å². The van der Waals surface area contributed by atoms with Gasteiger partial charge in [0, 0.05) is 40.2 Å². The molecule has 5 N–H and O–H groups in total. The van der Waals surface area contributed by atoms with E-state index in [4.69, 9.17) is 5.84 Å². The van der Waals surface area contributed by atoms with Gasteiger partial charge in [0.1, 0.15) is 0 Å². The van der Waals surface area contributed by atoms with Crippen LogP contribution in [0.3, 0.4) is 0 Å². The summed E-state index contributed by atoms with van der Waals surface area (Å²) in [7, 11) is 0. The summed E-state index contributed by atoms with van der Waals surface area (Å²) in [5, 5.41) is 5.09. The number of anilines is 2. The molecule has 14 nitrogen and oxygen atoms in total. The predicted octanol–water partition coefficient (Wildman–Crippen LogP) is 4.86. The van der Waals surface area contributed by atoms with Crippen LogP contribution in [0.1, 0.15) is 62.1 Å². The number of hydrogen-bond donors (Lipinski definition) is 4. The van der Waals surface area contributed by atoms with Crippen molar-refractivity contribution in [2.24, 2.45) is 5.84 Å². The van der Waals surface area contributed by atoms with E-state index in [-0.39, 0.29) is 22.7 Å². The number of fused-ring (bicyclic) bond motifs is 1. The van der Waals surface area contributed by atoms with E-state index in [9.17, 15) is 38.4 Å². The van der Waals surface area contributed by atoms with Crippen molar-refractivity contribution in [3.8, 4) is 0 Å². The summed E-state index contributed by atoms with van der Waals surface area (Å²) in [4.78, 5) is 101. The number of imide groups is 1. The number of para-hydroxylation sites is 2. The second kappa shape index (κ2) is 19.9. The van der Waals surface area contributed by atoms with E-state index in [0.717, 1.165) is 4.90 Å². The van der Waals surface area contributed by atoms with Crippen LogP contribution in [0.2, 0.25) is 0 Å². The molecule has 0 radical (unpaired) electrons. The third kappa shape index (κ3) is 10.3. The Balaban J connectivity index is 0.000000188. The molecule has 2 heterocycles. The zero-order valence-electron chi connectivity index (χ0n) is 30.5. The lowest BCUT2D eigenvalue weighted by Crippen LogP contribution is -2.35. The number of ketones is 3. The molecular formula is C44H34N6O8. The lowest BCUT2D eigenvalue weighted by molar-refractivity contribution is -0.114. The monoisotopic (exact) mass is 774 g/mol. The molecular weight excluding hydrogens is 741 g/mol. The standard InChI is InChI=1S/C23H18N2O4.C15H9NO3.C6H7N3O/c26-20(15-24-22(28)16-9-3-1-4-10-16)21(27)18-13-7-8-14-19(18)25-23(29)17-11-5-2-6-12-17;17-13-11-8-4-5-9-12(11)16(15(13)19)14(18)10-6-2-1-3-7-10;7-9-6(10)5-1-3-8-4-2-5/h1-14H,15H2,(H,24,28)(H,25,29);1-9H;1-4H,7H2,(H,9,10). The second-order valence-electron chi connectivity index (χ2n) is 12.0. The number of rotatable bonds is 9. The van der Waals surface area contributed by atoms with E-state index >= 15 is 0 Å². The molecule has 0 unspecified atom stereocenters. The van der Waals surface area contributed by atoms with Crippen molar-refractivity contribution in [3.63, 3.8) is 0 Å². The van der Waals surface area contributed by atoms with E-state index in [1.54, 1.807) is 146 Å². The molecule has 1 aromatic heterocycles. The normalized spacial score (nSPS) is 11.0. The van der Waals surface area contributed by atoms with Crippen LogP contribution in [0.25, 0.3) is 0 Å². The van der Waals surface area contributed by atoms with Crippen molar-refractivity contribution in [1.82, 2.24) is 15.7 Å². The summed E-state index contributed by atoms with van der Waals surface area (Å²) in [5.41, 5.74) is 4.64. The maximum Gasteiger partial charge on any atom is 0.306 e. The van der Waals surface area contributed by atoms with E-state index in [2.05, 4.69) is 15.6 Å². The van der Waals surface area contributed by atoms with Crippen molar-refractivity contribution in [2.45, 2.75) is 0 Å². The molecule has 7 rings (SSSR count). The van der Waals surface area contributed by atoms with Crippen LogP contribution in [-0.2, 0) is 9.59 Å². The Morgan fingerprint density at radius 2 is 1.05 bits per heavy atom. The van der Waals surface area contributed by atoms with Gasteiger partial charge in [-0.3, -0.25) is 48.8 Å². The summed E-state index contributed by atoms with van der Waals surface area (Å²) in [6.07, 6.45) is 3.06. The number of pyridine rings is 1. The number of Topliss-reactive ketones (excluding diaryl/α,β-unsaturated/α-hetero) is 3. The molecule has 6 aromatic rings. The Morgan fingerprint density at radius 3 is 1.66 bits per heavy atom. The molecule has 0 aliphatic carbocycles. The highest BCUT2D eigenvalue weighted by Gasteiger charge is 2.39.